The van der Waals surface area contributed by atoms with Gasteiger partial charge in [0.2, 0.25) is 15.9 Å². The van der Waals surface area contributed by atoms with E-state index in [0.717, 1.165) is 17.7 Å². The molecule has 0 aliphatic carbocycles. The van der Waals surface area contributed by atoms with Crippen molar-refractivity contribution in [2.75, 3.05) is 11.4 Å². The lowest BCUT2D eigenvalue weighted by Crippen LogP contribution is -2.41. The lowest BCUT2D eigenvalue weighted by Gasteiger charge is -2.17. The second kappa shape index (κ2) is 6.53. The normalized spacial score (nSPS) is 18.0. The van der Waals surface area contributed by atoms with Gasteiger partial charge in [-0.05, 0) is 43.7 Å². The molecule has 132 valence electrons. The molecule has 1 unspecified atom stereocenters. The number of aryl methyl sites for hydroxylation is 1. The Hall–Kier alpha value is -2.32. The summed E-state index contributed by atoms with van der Waals surface area (Å²) in [5.74, 6) is -2.38. The number of hydrogen-bond donors (Lipinski definition) is 1. The Bertz CT molecular complexity index is 914. The first kappa shape index (κ1) is 17.5. The van der Waals surface area contributed by atoms with Crippen LogP contribution in [0.5, 0.6) is 0 Å². The first-order chi connectivity index (χ1) is 11.8. The summed E-state index contributed by atoms with van der Waals surface area (Å²) in [6.45, 7) is 2.25. The topological polar surface area (TPSA) is 66.5 Å². The molecule has 2 aromatic rings. The Morgan fingerprint density at radius 2 is 1.80 bits per heavy atom. The van der Waals surface area contributed by atoms with Gasteiger partial charge >= 0.3 is 0 Å². The second-order valence-electron chi connectivity index (χ2n) is 5.86. The van der Waals surface area contributed by atoms with E-state index in [1.807, 2.05) is 19.1 Å². The third-order valence-corrected chi connectivity index (χ3v) is 5.52. The predicted octanol–water partition coefficient (Wildman–Crippen LogP) is 2.36. The van der Waals surface area contributed by atoms with E-state index < -0.39 is 38.5 Å². The molecule has 2 aromatic carbocycles. The molecule has 1 atom stereocenters. The zero-order chi connectivity index (χ0) is 18.2. The zero-order valence-corrected chi connectivity index (χ0v) is 14.2. The third kappa shape index (κ3) is 3.54. The monoisotopic (exact) mass is 366 g/mol. The number of nitrogens with one attached hydrogen (secondary N) is 1. The lowest BCUT2D eigenvalue weighted by atomic mass is 10.2. The summed E-state index contributed by atoms with van der Waals surface area (Å²) in [7, 11) is -4.35. The van der Waals surface area contributed by atoms with E-state index in [4.69, 9.17) is 0 Å². The SMILES string of the molecule is Cc1ccc(N2CCC(NS(=O)(=O)c3cc(F)ccc3F)C2=O)cc1. The van der Waals surface area contributed by atoms with Gasteiger partial charge in [0.1, 0.15) is 22.6 Å². The minimum Gasteiger partial charge on any atom is -0.311 e. The van der Waals surface area contributed by atoms with E-state index in [1.54, 1.807) is 12.1 Å². The molecule has 0 radical (unpaired) electrons. The van der Waals surface area contributed by atoms with Crippen molar-refractivity contribution < 1.29 is 22.0 Å². The molecular formula is C17H16F2N2O3S. The van der Waals surface area contributed by atoms with E-state index in [0.29, 0.717) is 18.3 Å². The summed E-state index contributed by atoms with van der Waals surface area (Å²) in [4.78, 5) is 13.1. The lowest BCUT2D eigenvalue weighted by molar-refractivity contribution is -0.118. The van der Waals surface area contributed by atoms with Crippen LogP contribution in [0.3, 0.4) is 0 Å². The summed E-state index contributed by atoms with van der Waals surface area (Å²) in [5.41, 5.74) is 1.70. The summed E-state index contributed by atoms with van der Waals surface area (Å²) in [6.07, 6.45) is 0.239. The standard InChI is InChI=1S/C17H16F2N2O3S/c1-11-2-5-13(6-3-11)21-9-8-15(17(21)22)20-25(23,24)16-10-12(18)4-7-14(16)19/h2-7,10,15,20H,8-9H2,1H3. The van der Waals surface area contributed by atoms with Crippen molar-refractivity contribution in [1.29, 1.82) is 0 Å². The van der Waals surface area contributed by atoms with Crippen molar-refractivity contribution in [3.05, 3.63) is 59.7 Å². The molecule has 1 N–H and O–H groups in total. The van der Waals surface area contributed by atoms with Crippen LogP contribution >= 0.6 is 0 Å². The number of halogens is 2. The molecular weight excluding hydrogens is 350 g/mol. The van der Waals surface area contributed by atoms with Crippen LogP contribution in [-0.2, 0) is 14.8 Å². The van der Waals surface area contributed by atoms with Crippen LogP contribution in [0.4, 0.5) is 14.5 Å². The zero-order valence-electron chi connectivity index (χ0n) is 13.4. The molecule has 3 rings (SSSR count). The maximum Gasteiger partial charge on any atom is 0.245 e. The van der Waals surface area contributed by atoms with Crippen molar-refractivity contribution in [1.82, 2.24) is 4.72 Å². The minimum absolute atomic E-state index is 0.239. The summed E-state index contributed by atoms with van der Waals surface area (Å²) >= 11 is 0. The van der Waals surface area contributed by atoms with E-state index >= 15 is 0 Å². The summed E-state index contributed by atoms with van der Waals surface area (Å²) in [6, 6.07) is 8.38. The van der Waals surface area contributed by atoms with Crippen LogP contribution in [0.25, 0.3) is 0 Å². The van der Waals surface area contributed by atoms with Crippen LogP contribution in [0, 0.1) is 18.6 Å². The number of hydrogen-bond acceptors (Lipinski definition) is 3. The maximum absolute atomic E-state index is 13.7. The molecule has 0 spiro atoms. The van der Waals surface area contributed by atoms with Crippen LogP contribution in [-0.4, -0.2) is 26.9 Å². The molecule has 0 saturated carbocycles. The average Bonchev–Trinajstić information content (AvgIpc) is 2.91. The molecule has 1 aliphatic heterocycles. The Kier molecular flexibility index (Phi) is 4.57. The van der Waals surface area contributed by atoms with Gasteiger partial charge in [0.15, 0.2) is 0 Å². The van der Waals surface area contributed by atoms with Gasteiger partial charge in [0.05, 0.1) is 0 Å². The van der Waals surface area contributed by atoms with Crippen molar-refractivity contribution in [2.24, 2.45) is 0 Å². The fourth-order valence-corrected chi connectivity index (χ4v) is 4.02. The Morgan fingerprint density at radius 3 is 2.48 bits per heavy atom. The highest BCUT2D eigenvalue weighted by Crippen LogP contribution is 2.24. The third-order valence-electron chi connectivity index (χ3n) is 4.03. The second-order valence-corrected chi connectivity index (χ2v) is 7.55. The van der Waals surface area contributed by atoms with Crippen molar-refractivity contribution in [3.8, 4) is 0 Å². The van der Waals surface area contributed by atoms with Gasteiger partial charge in [0, 0.05) is 12.2 Å². The fraction of sp³-hybridized carbons (Fsp3) is 0.235. The number of anilines is 1. The van der Waals surface area contributed by atoms with Crippen LogP contribution in [0.15, 0.2) is 47.4 Å². The molecule has 1 heterocycles. The van der Waals surface area contributed by atoms with Gasteiger partial charge in [-0.3, -0.25) is 4.79 Å². The maximum atomic E-state index is 13.7. The van der Waals surface area contributed by atoms with Crippen molar-refractivity contribution >= 4 is 21.6 Å². The number of rotatable bonds is 4. The number of amides is 1. The van der Waals surface area contributed by atoms with Gasteiger partial charge in [-0.2, -0.15) is 4.72 Å². The molecule has 0 aromatic heterocycles. The Morgan fingerprint density at radius 1 is 1.12 bits per heavy atom. The molecule has 8 heteroatoms. The van der Waals surface area contributed by atoms with Crippen molar-refractivity contribution in [3.63, 3.8) is 0 Å². The number of sulfonamides is 1. The smallest absolute Gasteiger partial charge is 0.245 e. The molecule has 5 nitrogen and oxygen atoms in total. The number of benzene rings is 2. The predicted molar refractivity (Wildman–Crippen MR) is 88.6 cm³/mol. The average molecular weight is 366 g/mol. The van der Waals surface area contributed by atoms with Gasteiger partial charge in [-0.15, -0.1) is 0 Å². The van der Waals surface area contributed by atoms with Gasteiger partial charge < -0.3 is 4.90 Å². The molecule has 1 fully saturated rings. The van der Waals surface area contributed by atoms with Gasteiger partial charge in [0.25, 0.3) is 0 Å². The number of nitrogens with zero attached hydrogens (tertiary/aromatic N) is 1. The molecule has 1 aliphatic rings. The molecule has 25 heavy (non-hydrogen) atoms. The van der Waals surface area contributed by atoms with Crippen LogP contribution in [0.2, 0.25) is 0 Å². The minimum atomic E-state index is -4.35. The fourth-order valence-electron chi connectivity index (χ4n) is 2.70. The van der Waals surface area contributed by atoms with Crippen molar-refractivity contribution in [2.45, 2.75) is 24.3 Å². The van der Waals surface area contributed by atoms with E-state index in [9.17, 15) is 22.0 Å². The van der Waals surface area contributed by atoms with E-state index in [1.165, 1.54) is 4.90 Å². The van der Waals surface area contributed by atoms with E-state index in [-0.39, 0.29) is 6.42 Å². The van der Waals surface area contributed by atoms with E-state index in [2.05, 4.69) is 4.72 Å². The highest BCUT2D eigenvalue weighted by atomic mass is 32.2. The first-order valence-electron chi connectivity index (χ1n) is 7.63. The Labute approximate surface area is 144 Å². The number of carbonyl (C=O) groups is 1. The quantitative estimate of drug-likeness (QED) is 0.903. The summed E-state index contributed by atoms with van der Waals surface area (Å²) in [5, 5.41) is 0. The highest BCUT2D eigenvalue weighted by molar-refractivity contribution is 7.89. The summed E-state index contributed by atoms with van der Waals surface area (Å²) < 4.78 is 53.8. The number of carbonyl (C=O) groups excluding carboxylic acids is 1. The van der Waals surface area contributed by atoms with Gasteiger partial charge in [-0.25, -0.2) is 17.2 Å². The molecule has 1 saturated heterocycles. The molecule has 1 amide bonds. The highest BCUT2D eigenvalue weighted by Gasteiger charge is 2.36. The molecule has 0 bridgehead atoms. The van der Waals surface area contributed by atoms with Crippen LogP contribution in [0.1, 0.15) is 12.0 Å². The van der Waals surface area contributed by atoms with Crippen LogP contribution < -0.4 is 9.62 Å². The Balaban J connectivity index is 1.80. The first-order valence-corrected chi connectivity index (χ1v) is 9.12. The van der Waals surface area contributed by atoms with Gasteiger partial charge in [-0.1, -0.05) is 17.7 Å². The largest absolute Gasteiger partial charge is 0.311 e.